The summed E-state index contributed by atoms with van der Waals surface area (Å²) < 4.78 is 0.926. The first-order valence-corrected chi connectivity index (χ1v) is 6.98. The average molecular weight is 321 g/mol. The van der Waals surface area contributed by atoms with Gasteiger partial charge in [-0.25, -0.2) is 0 Å². The average Bonchev–Trinajstić information content (AvgIpc) is 3.21. The molecule has 1 fully saturated rings. The van der Waals surface area contributed by atoms with E-state index in [4.69, 9.17) is 0 Å². The molecule has 2 N–H and O–H groups in total. The molecule has 0 amide bonds. The van der Waals surface area contributed by atoms with E-state index >= 15 is 0 Å². The first kappa shape index (κ1) is 12.6. The van der Waals surface area contributed by atoms with Crippen molar-refractivity contribution in [2.24, 2.45) is 0 Å². The number of hydrogen-bond acceptors (Lipinski definition) is 3. The minimum absolute atomic E-state index is 0.323. The second kappa shape index (κ2) is 4.90. The van der Waals surface area contributed by atoms with E-state index in [1.807, 2.05) is 24.3 Å². The summed E-state index contributed by atoms with van der Waals surface area (Å²) in [6, 6.07) is 7.12. The van der Waals surface area contributed by atoms with Crippen LogP contribution in [0.5, 0.6) is 0 Å². The maximum absolute atomic E-state index is 11.5. The monoisotopic (exact) mass is 320 g/mol. The van der Waals surface area contributed by atoms with Crippen LogP contribution < -0.4 is 5.32 Å². The number of carboxylic acid groups (broad SMARTS) is 1. The molecule has 1 aliphatic rings. The van der Waals surface area contributed by atoms with Gasteiger partial charge in [-0.2, -0.15) is 0 Å². The summed E-state index contributed by atoms with van der Waals surface area (Å²) in [5.74, 6) is -0.860. The van der Waals surface area contributed by atoms with Crippen LogP contribution in [0.25, 0.3) is 10.9 Å². The molecule has 1 aliphatic carbocycles. The fraction of sp³-hybridized carbons (Fsp3) is 0.286. The molecule has 98 valence electrons. The zero-order valence-electron chi connectivity index (χ0n) is 10.1. The van der Waals surface area contributed by atoms with E-state index in [-0.39, 0.29) is 0 Å². The van der Waals surface area contributed by atoms with Crippen molar-refractivity contribution in [2.45, 2.75) is 24.9 Å². The number of benzene rings is 1. The van der Waals surface area contributed by atoms with Crippen molar-refractivity contribution >= 4 is 32.8 Å². The molecule has 3 rings (SSSR count). The molecule has 2 aromatic rings. The van der Waals surface area contributed by atoms with Gasteiger partial charge in [0.1, 0.15) is 6.04 Å². The van der Waals surface area contributed by atoms with Gasteiger partial charge in [-0.3, -0.25) is 15.1 Å². The molecule has 1 atom stereocenters. The van der Waals surface area contributed by atoms with Crippen molar-refractivity contribution in [3.8, 4) is 0 Å². The smallest absolute Gasteiger partial charge is 0.325 e. The van der Waals surface area contributed by atoms with Gasteiger partial charge in [0.2, 0.25) is 0 Å². The fourth-order valence-electron chi connectivity index (χ4n) is 2.17. The van der Waals surface area contributed by atoms with Crippen LogP contribution in [0.1, 0.15) is 24.4 Å². The molecule has 1 heterocycles. The lowest BCUT2D eigenvalue weighted by atomic mass is 10.0. The molecular weight excluding hydrogens is 308 g/mol. The lowest BCUT2D eigenvalue weighted by Crippen LogP contribution is -2.30. The fourth-order valence-corrected chi connectivity index (χ4v) is 2.62. The normalized spacial score (nSPS) is 16.5. The largest absolute Gasteiger partial charge is 0.480 e. The van der Waals surface area contributed by atoms with Crippen LogP contribution in [-0.4, -0.2) is 22.1 Å². The van der Waals surface area contributed by atoms with Gasteiger partial charge in [-0.15, -0.1) is 0 Å². The number of nitrogens with one attached hydrogen (secondary N) is 1. The van der Waals surface area contributed by atoms with E-state index in [1.165, 1.54) is 0 Å². The lowest BCUT2D eigenvalue weighted by Gasteiger charge is -2.16. The standard InChI is InChI=1S/C14H13BrN2O2/c15-11-6-5-10(12-9(11)2-1-7-16-12)13(14(18)19)17-8-3-4-8/h1-2,5-8,13,17H,3-4H2,(H,18,19). The number of aromatic nitrogens is 1. The third-order valence-electron chi connectivity index (χ3n) is 3.29. The van der Waals surface area contributed by atoms with Crippen LogP contribution in [0.4, 0.5) is 0 Å². The number of fused-ring (bicyclic) bond motifs is 1. The predicted octanol–water partition coefficient (Wildman–Crippen LogP) is 2.88. The summed E-state index contributed by atoms with van der Waals surface area (Å²) in [6.07, 6.45) is 3.78. The molecule has 0 radical (unpaired) electrons. The highest BCUT2D eigenvalue weighted by Crippen LogP contribution is 2.31. The van der Waals surface area contributed by atoms with Crippen molar-refractivity contribution < 1.29 is 9.90 Å². The van der Waals surface area contributed by atoms with Gasteiger partial charge in [0.05, 0.1) is 5.52 Å². The first-order chi connectivity index (χ1) is 9.16. The molecule has 0 spiro atoms. The van der Waals surface area contributed by atoms with Crippen LogP contribution in [-0.2, 0) is 4.79 Å². The van der Waals surface area contributed by atoms with Crippen molar-refractivity contribution in [3.05, 3.63) is 40.5 Å². The Bertz CT molecular complexity index is 640. The van der Waals surface area contributed by atoms with E-state index < -0.39 is 12.0 Å². The maximum atomic E-state index is 11.5. The summed E-state index contributed by atoms with van der Waals surface area (Å²) in [7, 11) is 0. The Morgan fingerprint density at radius 1 is 1.42 bits per heavy atom. The number of pyridine rings is 1. The van der Waals surface area contributed by atoms with Crippen molar-refractivity contribution in [2.75, 3.05) is 0 Å². The molecule has 1 aromatic heterocycles. The van der Waals surface area contributed by atoms with Gasteiger partial charge in [0.25, 0.3) is 0 Å². The van der Waals surface area contributed by atoms with E-state index in [2.05, 4.69) is 26.2 Å². The number of halogens is 1. The molecule has 5 heteroatoms. The Labute approximate surface area is 119 Å². The number of nitrogens with zero attached hydrogens (tertiary/aromatic N) is 1. The minimum atomic E-state index is -0.860. The van der Waals surface area contributed by atoms with Gasteiger partial charge in [0, 0.05) is 27.7 Å². The Balaban J connectivity index is 2.11. The number of carbonyl (C=O) groups is 1. The van der Waals surface area contributed by atoms with Crippen LogP contribution in [0.3, 0.4) is 0 Å². The molecule has 19 heavy (non-hydrogen) atoms. The molecule has 0 aliphatic heterocycles. The summed E-state index contributed by atoms with van der Waals surface area (Å²) in [4.78, 5) is 15.8. The van der Waals surface area contributed by atoms with E-state index in [1.54, 1.807) is 6.20 Å². The maximum Gasteiger partial charge on any atom is 0.325 e. The third kappa shape index (κ3) is 2.48. The third-order valence-corrected chi connectivity index (χ3v) is 3.98. The van der Waals surface area contributed by atoms with E-state index in [0.717, 1.165) is 33.8 Å². The highest BCUT2D eigenvalue weighted by Gasteiger charge is 2.30. The Hall–Kier alpha value is -1.46. The van der Waals surface area contributed by atoms with Crippen LogP contribution in [0.15, 0.2) is 34.9 Å². The highest BCUT2D eigenvalue weighted by atomic mass is 79.9. The zero-order valence-corrected chi connectivity index (χ0v) is 11.7. The van der Waals surface area contributed by atoms with Crippen molar-refractivity contribution in [1.29, 1.82) is 0 Å². The van der Waals surface area contributed by atoms with Crippen molar-refractivity contribution in [3.63, 3.8) is 0 Å². The second-order valence-electron chi connectivity index (χ2n) is 4.75. The molecule has 1 unspecified atom stereocenters. The molecule has 0 bridgehead atoms. The second-order valence-corrected chi connectivity index (χ2v) is 5.60. The molecule has 1 saturated carbocycles. The minimum Gasteiger partial charge on any atom is -0.480 e. The van der Waals surface area contributed by atoms with Crippen LogP contribution in [0, 0.1) is 0 Å². The first-order valence-electron chi connectivity index (χ1n) is 6.19. The quantitative estimate of drug-likeness (QED) is 0.909. The van der Waals surface area contributed by atoms with Gasteiger partial charge >= 0.3 is 5.97 Å². The number of aliphatic carboxylic acids is 1. The number of carboxylic acids is 1. The molecular formula is C14H13BrN2O2. The van der Waals surface area contributed by atoms with E-state index in [9.17, 15) is 9.90 Å². The van der Waals surface area contributed by atoms with Gasteiger partial charge in [-0.05, 0) is 25.0 Å². The molecule has 1 aromatic carbocycles. The molecule has 0 saturated heterocycles. The highest BCUT2D eigenvalue weighted by molar-refractivity contribution is 9.10. The Morgan fingerprint density at radius 2 is 2.21 bits per heavy atom. The SMILES string of the molecule is O=C(O)C(NC1CC1)c1ccc(Br)c2cccnc12. The number of rotatable bonds is 4. The predicted molar refractivity (Wildman–Crippen MR) is 76.0 cm³/mol. The summed E-state index contributed by atoms with van der Waals surface area (Å²) >= 11 is 3.47. The summed E-state index contributed by atoms with van der Waals surface area (Å²) in [6.45, 7) is 0. The van der Waals surface area contributed by atoms with E-state index in [0.29, 0.717) is 6.04 Å². The Kier molecular flexibility index (Phi) is 3.24. The summed E-state index contributed by atoms with van der Waals surface area (Å²) in [5, 5.41) is 13.5. The Morgan fingerprint density at radius 3 is 2.89 bits per heavy atom. The molecule has 4 nitrogen and oxygen atoms in total. The van der Waals surface area contributed by atoms with Crippen LogP contribution >= 0.6 is 15.9 Å². The number of hydrogen-bond donors (Lipinski definition) is 2. The topological polar surface area (TPSA) is 62.2 Å². The van der Waals surface area contributed by atoms with Crippen LogP contribution in [0.2, 0.25) is 0 Å². The van der Waals surface area contributed by atoms with Crippen molar-refractivity contribution in [1.82, 2.24) is 10.3 Å². The van der Waals surface area contributed by atoms with Gasteiger partial charge in [-0.1, -0.05) is 28.1 Å². The summed E-state index contributed by atoms with van der Waals surface area (Å²) in [5.41, 5.74) is 1.45. The lowest BCUT2D eigenvalue weighted by molar-refractivity contribution is -0.139. The zero-order chi connectivity index (χ0) is 13.4. The van der Waals surface area contributed by atoms with Gasteiger partial charge in [0.15, 0.2) is 0 Å². The van der Waals surface area contributed by atoms with Gasteiger partial charge < -0.3 is 5.11 Å².